The number of fused-ring (bicyclic) bond motifs is 3. The predicted molar refractivity (Wildman–Crippen MR) is 79.3 cm³/mol. The van der Waals surface area contributed by atoms with Crippen LogP contribution in [0.5, 0.6) is 0 Å². The summed E-state index contributed by atoms with van der Waals surface area (Å²) >= 11 is 0. The third-order valence-corrected chi connectivity index (χ3v) is 4.49. The number of carbonyl (C=O) groups is 1. The van der Waals surface area contributed by atoms with Crippen molar-refractivity contribution >= 4 is 5.91 Å². The number of hydrogen-bond acceptors (Lipinski definition) is 5. The molecule has 0 aliphatic carbocycles. The Morgan fingerprint density at radius 3 is 3.13 bits per heavy atom. The summed E-state index contributed by atoms with van der Waals surface area (Å²) in [5, 5.41) is 17.3. The molecule has 3 heterocycles. The molecule has 0 bridgehead atoms. The molecule has 7 nitrogen and oxygen atoms in total. The van der Waals surface area contributed by atoms with Gasteiger partial charge in [-0.15, -0.1) is 5.10 Å². The molecule has 4 rings (SSSR count). The Labute approximate surface area is 133 Å². The fourth-order valence-corrected chi connectivity index (χ4v) is 3.30. The first-order chi connectivity index (χ1) is 11.3. The fraction of sp³-hybridized carbons (Fsp3) is 0.375. The topological polar surface area (TPSA) is 84.0 Å². The second-order valence-corrected chi connectivity index (χ2v) is 5.78. The molecule has 1 amide bonds. The van der Waals surface area contributed by atoms with E-state index >= 15 is 0 Å². The van der Waals surface area contributed by atoms with Crippen LogP contribution in [0.2, 0.25) is 0 Å². The third-order valence-electron chi connectivity index (χ3n) is 4.49. The van der Waals surface area contributed by atoms with Crippen LogP contribution in [0.25, 0.3) is 0 Å². The summed E-state index contributed by atoms with van der Waals surface area (Å²) in [4.78, 5) is 14.6. The average molecular weight is 309 g/mol. The number of amides is 1. The number of ether oxygens (including phenoxy) is 1. The molecule has 1 aromatic carbocycles. The van der Waals surface area contributed by atoms with E-state index < -0.39 is 0 Å². The lowest BCUT2D eigenvalue weighted by atomic mass is 9.98. The zero-order chi connectivity index (χ0) is 15.8. The molecule has 2 aromatic rings. The van der Waals surface area contributed by atoms with Gasteiger partial charge in [-0.2, -0.15) is 5.26 Å². The van der Waals surface area contributed by atoms with Gasteiger partial charge in [0, 0.05) is 13.1 Å². The molecule has 0 unspecified atom stereocenters. The van der Waals surface area contributed by atoms with Gasteiger partial charge in [0.2, 0.25) is 0 Å². The van der Waals surface area contributed by atoms with Gasteiger partial charge in [0.15, 0.2) is 0 Å². The highest BCUT2D eigenvalue weighted by Gasteiger charge is 2.38. The first-order valence-electron chi connectivity index (χ1n) is 7.57. The Bertz CT molecular complexity index is 794. The van der Waals surface area contributed by atoms with Crippen molar-refractivity contribution < 1.29 is 9.53 Å². The second-order valence-electron chi connectivity index (χ2n) is 5.78. The molecule has 2 aliphatic heterocycles. The third kappa shape index (κ3) is 2.28. The molecule has 2 aliphatic rings. The van der Waals surface area contributed by atoms with Crippen LogP contribution in [0.3, 0.4) is 0 Å². The molecule has 0 saturated carbocycles. The van der Waals surface area contributed by atoms with Crippen LogP contribution in [0, 0.1) is 11.3 Å². The van der Waals surface area contributed by atoms with Gasteiger partial charge in [0.1, 0.15) is 0 Å². The molecule has 23 heavy (non-hydrogen) atoms. The molecular formula is C16H15N5O2. The summed E-state index contributed by atoms with van der Waals surface area (Å²) in [7, 11) is 0. The number of rotatable bonds is 1. The second kappa shape index (κ2) is 5.48. The molecule has 0 radical (unpaired) electrons. The Morgan fingerprint density at radius 1 is 1.39 bits per heavy atom. The number of aromatic nitrogens is 3. The molecule has 0 spiro atoms. The molecule has 7 heteroatoms. The van der Waals surface area contributed by atoms with Crippen LogP contribution in [0.4, 0.5) is 0 Å². The minimum atomic E-state index is -0.118. The van der Waals surface area contributed by atoms with E-state index in [-0.39, 0.29) is 18.1 Å². The van der Waals surface area contributed by atoms with Gasteiger partial charge < -0.3 is 9.64 Å². The van der Waals surface area contributed by atoms with Crippen molar-refractivity contribution in [1.29, 1.82) is 5.26 Å². The molecule has 2 atom stereocenters. The number of carbonyl (C=O) groups excluding carboxylic acids is 1. The number of piperidine rings is 1. The zero-order valence-corrected chi connectivity index (χ0v) is 12.4. The van der Waals surface area contributed by atoms with E-state index in [0.29, 0.717) is 30.8 Å². The van der Waals surface area contributed by atoms with Crippen molar-refractivity contribution in [2.45, 2.75) is 25.2 Å². The predicted octanol–water partition coefficient (Wildman–Crippen LogP) is 1.14. The van der Waals surface area contributed by atoms with Crippen molar-refractivity contribution in [3.05, 3.63) is 47.3 Å². The van der Waals surface area contributed by atoms with Crippen molar-refractivity contribution in [3.63, 3.8) is 0 Å². The lowest BCUT2D eigenvalue weighted by Crippen LogP contribution is -2.50. The molecule has 116 valence electrons. The minimum Gasteiger partial charge on any atom is -0.370 e. The van der Waals surface area contributed by atoms with E-state index in [1.54, 1.807) is 35.4 Å². The molecule has 1 saturated heterocycles. The van der Waals surface area contributed by atoms with Crippen molar-refractivity contribution in [2.75, 3.05) is 13.1 Å². The lowest BCUT2D eigenvalue weighted by Gasteiger charge is -2.41. The summed E-state index contributed by atoms with van der Waals surface area (Å²) in [6.45, 7) is 1.64. The van der Waals surface area contributed by atoms with E-state index in [1.165, 1.54) is 0 Å². The van der Waals surface area contributed by atoms with Gasteiger partial charge in [0.05, 0.1) is 47.8 Å². The normalized spacial score (nSPS) is 22.8. The van der Waals surface area contributed by atoms with Gasteiger partial charge in [-0.05, 0) is 18.6 Å². The molecule has 1 aromatic heterocycles. The molecule has 0 N–H and O–H groups in total. The summed E-state index contributed by atoms with van der Waals surface area (Å²) in [5.74, 6) is -0.118. The quantitative estimate of drug-likeness (QED) is 0.788. The minimum absolute atomic E-state index is 0.0202. The Kier molecular flexibility index (Phi) is 3.32. The standard InChI is InChI=1S/C16H15N5O2/c17-7-11-3-1-2-4-13(11)16(22)20-6-5-15-14(9-20)21-12(10-23-15)8-18-19-21/h1-4,8,14-15H,5-6,9-10H2/t14-,15+/m1/s1. The maximum Gasteiger partial charge on any atom is 0.255 e. The maximum absolute atomic E-state index is 12.8. The monoisotopic (exact) mass is 309 g/mol. The number of likely N-dealkylation sites (tertiary alicyclic amines) is 1. The highest BCUT2D eigenvalue weighted by molar-refractivity contribution is 5.96. The molecule has 1 fully saturated rings. The van der Waals surface area contributed by atoms with E-state index in [0.717, 1.165) is 12.1 Å². The Balaban J connectivity index is 1.61. The number of nitriles is 1. The number of benzene rings is 1. The average Bonchev–Trinajstić information content (AvgIpc) is 3.09. The first-order valence-corrected chi connectivity index (χ1v) is 7.57. The summed E-state index contributed by atoms with van der Waals surface area (Å²) in [5.41, 5.74) is 1.78. The highest BCUT2D eigenvalue weighted by Crippen LogP contribution is 2.30. The van der Waals surface area contributed by atoms with E-state index in [4.69, 9.17) is 4.74 Å². The lowest BCUT2D eigenvalue weighted by molar-refractivity contribution is -0.0605. The van der Waals surface area contributed by atoms with Crippen LogP contribution in [0.15, 0.2) is 30.5 Å². The SMILES string of the molecule is N#Cc1ccccc1C(=O)N1CC[C@@H]2OCc3cnnn3[C@@H]2C1. The van der Waals surface area contributed by atoms with Gasteiger partial charge in [-0.3, -0.25) is 4.79 Å². The Morgan fingerprint density at radius 2 is 2.26 bits per heavy atom. The van der Waals surface area contributed by atoms with Crippen LogP contribution < -0.4 is 0 Å². The van der Waals surface area contributed by atoms with Crippen LogP contribution in [-0.2, 0) is 11.3 Å². The van der Waals surface area contributed by atoms with Crippen LogP contribution in [-0.4, -0.2) is 45.0 Å². The van der Waals surface area contributed by atoms with Gasteiger partial charge in [0.25, 0.3) is 5.91 Å². The van der Waals surface area contributed by atoms with Crippen LogP contribution in [0.1, 0.15) is 34.1 Å². The van der Waals surface area contributed by atoms with Gasteiger partial charge in [-0.25, -0.2) is 4.68 Å². The molecular weight excluding hydrogens is 294 g/mol. The first kappa shape index (κ1) is 13.9. The van der Waals surface area contributed by atoms with E-state index in [9.17, 15) is 10.1 Å². The largest absolute Gasteiger partial charge is 0.370 e. The van der Waals surface area contributed by atoms with E-state index in [2.05, 4.69) is 16.4 Å². The highest BCUT2D eigenvalue weighted by atomic mass is 16.5. The maximum atomic E-state index is 12.8. The smallest absolute Gasteiger partial charge is 0.255 e. The van der Waals surface area contributed by atoms with Crippen molar-refractivity contribution in [3.8, 4) is 6.07 Å². The van der Waals surface area contributed by atoms with Crippen molar-refractivity contribution in [2.24, 2.45) is 0 Å². The van der Waals surface area contributed by atoms with Crippen LogP contribution >= 0.6 is 0 Å². The Hall–Kier alpha value is -2.72. The van der Waals surface area contributed by atoms with E-state index in [1.807, 2.05) is 4.68 Å². The fourth-order valence-electron chi connectivity index (χ4n) is 3.30. The summed E-state index contributed by atoms with van der Waals surface area (Å²) in [6, 6.07) is 8.97. The van der Waals surface area contributed by atoms with Gasteiger partial charge >= 0.3 is 0 Å². The zero-order valence-electron chi connectivity index (χ0n) is 12.4. The number of nitrogens with zero attached hydrogens (tertiary/aromatic N) is 5. The summed E-state index contributed by atoms with van der Waals surface area (Å²) in [6.07, 6.45) is 2.51. The van der Waals surface area contributed by atoms with Gasteiger partial charge in [-0.1, -0.05) is 17.3 Å². The summed E-state index contributed by atoms with van der Waals surface area (Å²) < 4.78 is 7.72. The van der Waals surface area contributed by atoms with Crippen molar-refractivity contribution in [1.82, 2.24) is 19.9 Å². The number of hydrogen-bond donors (Lipinski definition) is 0.